The van der Waals surface area contributed by atoms with Crippen LogP contribution in [-0.2, 0) is 6.54 Å². The number of aromatic nitrogens is 1. The number of hydrogen-bond donors (Lipinski definition) is 3. The van der Waals surface area contributed by atoms with E-state index >= 15 is 0 Å². The lowest BCUT2D eigenvalue weighted by atomic mass is 10.1. The molecule has 0 fully saturated rings. The second-order valence-electron chi connectivity index (χ2n) is 5.75. The molecule has 1 heterocycles. The molecule has 3 aromatic rings. The summed E-state index contributed by atoms with van der Waals surface area (Å²) in [5.74, 6) is -0.230. The Morgan fingerprint density at radius 3 is 2.60 bits per heavy atom. The maximum atomic E-state index is 12.3. The van der Waals surface area contributed by atoms with Gasteiger partial charge in [-0.2, -0.15) is 0 Å². The highest BCUT2D eigenvalue weighted by Gasteiger charge is 2.31. The van der Waals surface area contributed by atoms with E-state index in [0.29, 0.717) is 5.56 Å². The van der Waals surface area contributed by atoms with Gasteiger partial charge in [-0.15, -0.1) is 13.2 Å². The number of benzene rings is 2. The molecule has 0 radical (unpaired) electrons. The van der Waals surface area contributed by atoms with Crippen molar-refractivity contribution in [3.63, 3.8) is 0 Å². The summed E-state index contributed by atoms with van der Waals surface area (Å²) in [6.45, 7) is 2.50. The molecule has 3 rings (SSSR count). The predicted molar refractivity (Wildman–Crippen MR) is 92.2 cm³/mol. The number of aromatic amines is 1. The van der Waals surface area contributed by atoms with Crippen molar-refractivity contribution in [1.29, 1.82) is 0 Å². The second-order valence-corrected chi connectivity index (χ2v) is 5.75. The molecular weight excluding hydrogens is 331 g/mol. The molecule has 1 aromatic heterocycles. The minimum atomic E-state index is -4.69. The van der Waals surface area contributed by atoms with Gasteiger partial charge in [0.05, 0.1) is 0 Å². The van der Waals surface area contributed by atoms with Gasteiger partial charge in [-0.1, -0.05) is 6.07 Å². The summed E-state index contributed by atoms with van der Waals surface area (Å²) in [6.07, 6.45) is -2.73. The lowest BCUT2D eigenvalue weighted by molar-refractivity contribution is -0.274. The smallest absolute Gasteiger partial charge is 0.406 e. The van der Waals surface area contributed by atoms with E-state index in [1.54, 1.807) is 13.0 Å². The molecule has 25 heavy (non-hydrogen) atoms. The molecule has 0 spiro atoms. The number of hydrogen-bond acceptors (Lipinski definition) is 3. The molecular formula is C18H18F3N3O. The maximum absolute atomic E-state index is 12.3. The minimum absolute atomic E-state index is 0.230. The number of fused-ring (bicyclic) bond motifs is 1. The Bertz CT molecular complexity index is 887. The second kappa shape index (κ2) is 6.68. The SMILES string of the molecule is CNCc1c[nH]c2cc(Nc3ccc(OC(F)(F)F)cc3C)ccc12. The van der Waals surface area contributed by atoms with Crippen molar-refractivity contribution in [1.82, 2.24) is 10.3 Å². The van der Waals surface area contributed by atoms with Gasteiger partial charge in [0.1, 0.15) is 5.75 Å². The first kappa shape index (κ1) is 17.2. The average molecular weight is 349 g/mol. The van der Waals surface area contributed by atoms with Crippen molar-refractivity contribution >= 4 is 22.3 Å². The lowest BCUT2D eigenvalue weighted by Crippen LogP contribution is -2.17. The first-order valence-corrected chi connectivity index (χ1v) is 7.74. The van der Waals surface area contributed by atoms with Crippen molar-refractivity contribution in [2.45, 2.75) is 19.8 Å². The normalized spacial score (nSPS) is 11.7. The maximum Gasteiger partial charge on any atom is 0.573 e. The van der Waals surface area contributed by atoms with Crippen LogP contribution in [-0.4, -0.2) is 18.4 Å². The number of ether oxygens (including phenoxy) is 1. The van der Waals surface area contributed by atoms with Gasteiger partial charge in [0.25, 0.3) is 0 Å². The van der Waals surface area contributed by atoms with Crippen LogP contribution < -0.4 is 15.4 Å². The van der Waals surface area contributed by atoms with Gasteiger partial charge in [0.15, 0.2) is 0 Å². The molecule has 0 amide bonds. The Balaban J connectivity index is 1.81. The molecule has 2 aromatic carbocycles. The molecule has 0 atom stereocenters. The molecule has 0 saturated heterocycles. The number of H-pyrrole nitrogens is 1. The van der Waals surface area contributed by atoms with Crippen LogP contribution in [0.4, 0.5) is 24.5 Å². The molecule has 0 aliphatic carbocycles. The zero-order chi connectivity index (χ0) is 18.0. The fourth-order valence-electron chi connectivity index (χ4n) is 2.73. The fourth-order valence-corrected chi connectivity index (χ4v) is 2.73. The summed E-state index contributed by atoms with van der Waals surface area (Å²) in [5.41, 5.74) is 4.39. The van der Waals surface area contributed by atoms with Gasteiger partial charge in [-0.3, -0.25) is 0 Å². The molecule has 0 aliphatic rings. The van der Waals surface area contributed by atoms with E-state index in [0.717, 1.165) is 28.8 Å². The number of aryl methyl sites for hydroxylation is 1. The predicted octanol–water partition coefficient (Wildman–Crippen LogP) is 4.84. The Labute approximate surface area is 143 Å². The highest BCUT2D eigenvalue weighted by Crippen LogP contribution is 2.29. The van der Waals surface area contributed by atoms with E-state index in [1.807, 2.05) is 31.4 Å². The molecule has 0 saturated carbocycles. The molecule has 0 unspecified atom stereocenters. The number of anilines is 2. The van der Waals surface area contributed by atoms with Gasteiger partial charge in [-0.25, -0.2) is 0 Å². The van der Waals surface area contributed by atoms with Crippen molar-refractivity contribution in [3.05, 3.63) is 53.7 Å². The van der Waals surface area contributed by atoms with Crippen LogP contribution in [0.5, 0.6) is 5.75 Å². The number of nitrogens with one attached hydrogen (secondary N) is 3. The number of alkyl halides is 3. The van der Waals surface area contributed by atoms with E-state index in [9.17, 15) is 13.2 Å². The summed E-state index contributed by atoms with van der Waals surface area (Å²) in [6, 6.07) is 10.1. The Hall–Kier alpha value is -2.67. The Kier molecular flexibility index (Phi) is 4.59. The van der Waals surface area contributed by atoms with Gasteiger partial charge in [0.2, 0.25) is 0 Å². The van der Waals surface area contributed by atoms with Crippen molar-refractivity contribution in [2.24, 2.45) is 0 Å². The summed E-state index contributed by atoms with van der Waals surface area (Å²) in [7, 11) is 1.89. The Morgan fingerprint density at radius 1 is 1.12 bits per heavy atom. The number of halogens is 3. The van der Waals surface area contributed by atoms with Crippen LogP contribution in [0.1, 0.15) is 11.1 Å². The van der Waals surface area contributed by atoms with E-state index in [2.05, 4.69) is 20.4 Å². The summed E-state index contributed by atoms with van der Waals surface area (Å²) in [5, 5.41) is 7.47. The third-order valence-corrected chi connectivity index (χ3v) is 3.85. The largest absolute Gasteiger partial charge is 0.573 e. The van der Waals surface area contributed by atoms with Gasteiger partial charge >= 0.3 is 6.36 Å². The molecule has 3 N–H and O–H groups in total. The van der Waals surface area contributed by atoms with Gasteiger partial charge in [0, 0.05) is 35.0 Å². The van der Waals surface area contributed by atoms with Crippen LogP contribution >= 0.6 is 0 Å². The first-order chi connectivity index (χ1) is 11.9. The monoisotopic (exact) mass is 349 g/mol. The standard InChI is InChI=1S/C18H18F3N3O/c1-11-7-14(25-18(19,20)21)4-6-16(11)24-13-3-5-15-12(9-22-2)10-23-17(15)8-13/h3-8,10,22-24H,9H2,1-2H3. The highest BCUT2D eigenvalue weighted by atomic mass is 19.4. The lowest BCUT2D eigenvalue weighted by Gasteiger charge is -2.13. The third-order valence-electron chi connectivity index (χ3n) is 3.85. The highest BCUT2D eigenvalue weighted by molar-refractivity contribution is 5.87. The van der Waals surface area contributed by atoms with E-state index in [4.69, 9.17) is 0 Å². The Morgan fingerprint density at radius 2 is 1.92 bits per heavy atom. The van der Waals surface area contributed by atoms with Crippen LogP contribution in [0.3, 0.4) is 0 Å². The zero-order valence-electron chi connectivity index (χ0n) is 13.8. The average Bonchev–Trinajstić information content (AvgIpc) is 2.91. The summed E-state index contributed by atoms with van der Waals surface area (Å²) in [4.78, 5) is 3.22. The van der Waals surface area contributed by atoms with Crippen LogP contribution in [0.25, 0.3) is 10.9 Å². The fraction of sp³-hybridized carbons (Fsp3) is 0.222. The molecule has 0 aliphatic heterocycles. The van der Waals surface area contributed by atoms with Crippen LogP contribution in [0.15, 0.2) is 42.6 Å². The van der Waals surface area contributed by atoms with E-state index < -0.39 is 6.36 Å². The van der Waals surface area contributed by atoms with E-state index in [1.165, 1.54) is 17.7 Å². The van der Waals surface area contributed by atoms with Crippen molar-refractivity contribution < 1.29 is 17.9 Å². The topological polar surface area (TPSA) is 49.1 Å². The molecule has 132 valence electrons. The van der Waals surface area contributed by atoms with Gasteiger partial charge < -0.3 is 20.4 Å². The van der Waals surface area contributed by atoms with E-state index in [-0.39, 0.29) is 5.75 Å². The molecule has 4 nitrogen and oxygen atoms in total. The summed E-state index contributed by atoms with van der Waals surface area (Å²) >= 11 is 0. The van der Waals surface area contributed by atoms with Crippen molar-refractivity contribution in [2.75, 3.05) is 12.4 Å². The number of rotatable bonds is 5. The quantitative estimate of drug-likeness (QED) is 0.618. The zero-order valence-corrected chi connectivity index (χ0v) is 13.8. The molecule has 0 bridgehead atoms. The van der Waals surface area contributed by atoms with Gasteiger partial charge in [-0.05, 0) is 55.4 Å². The first-order valence-electron chi connectivity index (χ1n) is 7.74. The van der Waals surface area contributed by atoms with Crippen molar-refractivity contribution in [3.8, 4) is 5.75 Å². The third kappa shape index (κ3) is 4.06. The van der Waals surface area contributed by atoms with Crippen LogP contribution in [0.2, 0.25) is 0 Å². The molecule has 7 heteroatoms. The van der Waals surface area contributed by atoms with Crippen LogP contribution in [0, 0.1) is 6.92 Å². The minimum Gasteiger partial charge on any atom is -0.406 e. The summed E-state index contributed by atoms with van der Waals surface area (Å²) < 4.78 is 40.8.